The molecule has 0 fully saturated rings. The van der Waals surface area contributed by atoms with Gasteiger partial charge in [0, 0.05) is 35.8 Å². The number of fused-ring (bicyclic) bond motifs is 4. The van der Waals surface area contributed by atoms with Crippen LogP contribution in [0.2, 0.25) is 0 Å². The first kappa shape index (κ1) is 9.89. The highest BCUT2D eigenvalue weighted by Crippen LogP contribution is 2.21. The third-order valence-electron chi connectivity index (χ3n) is 4.03. The van der Waals surface area contributed by atoms with Crippen molar-refractivity contribution in [3.8, 4) is 0 Å². The van der Waals surface area contributed by atoms with E-state index in [0.717, 1.165) is 11.8 Å². The van der Waals surface area contributed by atoms with Gasteiger partial charge in [-0.3, -0.25) is 4.79 Å². The standard InChI is InChI=1S/C16H13NO/c1-17-15-8-11-4-2-3-10(11)7-14(15)13-6-5-12(18)9-16(13)17/h2-4,7-9H,5-6H2,1H3. The fourth-order valence-corrected chi connectivity index (χ4v) is 3.07. The average Bonchev–Trinajstić information content (AvgIpc) is 2.92. The van der Waals surface area contributed by atoms with Gasteiger partial charge in [0.05, 0.1) is 0 Å². The number of carbonyl (C=O) groups is 1. The summed E-state index contributed by atoms with van der Waals surface area (Å²) in [6, 6.07) is 4.48. The zero-order valence-electron chi connectivity index (χ0n) is 10.2. The van der Waals surface area contributed by atoms with Gasteiger partial charge in [0.1, 0.15) is 0 Å². The van der Waals surface area contributed by atoms with Crippen LogP contribution in [0.4, 0.5) is 0 Å². The van der Waals surface area contributed by atoms with E-state index in [0.29, 0.717) is 6.42 Å². The lowest BCUT2D eigenvalue weighted by atomic mass is 9.99. The molecule has 2 aromatic rings. The topological polar surface area (TPSA) is 22.0 Å². The molecule has 2 aliphatic carbocycles. The summed E-state index contributed by atoms with van der Waals surface area (Å²) in [6.07, 6.45) is 9.68. The van der Waals surface area contributed by atoms with Crippen LogP contribution >= 0.6 is 0 Å². The Morgan fingerprint density at radius 3 is 3.00 bits per heavy atom. The summed E-state index contributed by atoms with van der Waals surface area (Å²) in [5, 5.41) is 3.66. The molecule has 0 spiro atoms. The molecule has 1 heterocycles. The normalized spacial score (nSPS) is 16.4. The molecule has 0 aliphatic heterocycles. The fraction of sp³-hybridized carbons (Fsp3) is 0.188. The minimum absolute atomic E-state index is 0.243. The number of Topliss-reactive ketones (excluding diaryl/α,β-unsaturated/α-hetero) is 1. The van der Waals surface area contributed by atoms with Gasteiger partial charge in [-0.05, 0) is 34.9 Å². The summed E-state index contributed by atoms with van der Waals surface area (Å²) in [7, 11) is 2.05. The Kier molecular flexibility index (Phi) is 1.77. The highest BCUT2D eigenvalue weighted by molar-refractivity contribution is 6.08. The van der Waals surface area contributed by atoms with Crippen LogP contribution in [-0.2, 0) is 18.3 Å². The Morgan fingerprint density at radius 2 is 2.11 bits per heavy atom. The molecule has 2 heteroatoms. The maximum Gasteiger partial charge on any atom is 0.158 e. The van der Waals surface area contributed by atoms with Crippen LogP contribution in [0, 0.1) is 0 Å². The fourth-order valence-electron chi connectivity index (χ4n) is 3.07. The highest BCUT2D eigenvalue weighted by atomic mass is 16.1. The maximum atomic E-state index is 11.6. The van der Waals surface area contributed by atoms with Crippen molar-refractivity contribution in [2.24, 2.45) is 7.05 Å². The largest absolute Gasteiger partial charge is 0.344 e. The zero-order valence-corrected chi connectivity index (χ0v) is 10.2. The molecule has 1 aromatic heterocycles. The molecule has 18 heavy (non-hydrogen) atoms. The molecule has 0 N–H and O–H groups in total. The average molecular weight is 235 g/mol. The van der Waals surface area contributed by atoms with Gasteiger partial charge < -0.3 is 4.57 Å². The first-order valence-electron chi connectivity index (χ1n) is 6.28. The Bertz CT molecular complexity index is 850. The molecule has 0 saturated carbocycles. The summed E-state index contributed by atoms with van der Waals surface area (Å²) in [6.45, 7) is 0. The van der Waals surface area contributed by atoms with Gasteiger partial charge in [0.2, 0.25) is 0 Å². The minimum Gasteiger partial charge on any atom is -0.344 e. The van der Waals surface area contributed by atoms with Crippen LogP contribution in [-0.4, -0.2) is 10.4 Å². The Morgan fingerprint density at radius 1 is 1.22 bits per heavy atom. The number of benzene rings is 1. The summed E-state index contributed by atoms with van der Waals surface area (Å²) >= 11 is 0. The SMILES string of the molecule is Cn1c2c(c3cc4c(cc31)=CC=C4)CCC(=O)C=2. The summed E-state index contributed by atoms with van der Waals surface area (Å²) in [5.74, 6) is 0.243. The van der Waals surface area contributed by atoms with E-state index in [2.05, 4.69) is 34.9 Å². The first-order valence-corrected chi connectivity index (χ1v) is 6.28. The van der Waals surface area contributed by atoms with Crippen LogP contribution in [0.5, 0.6) is 0 Å². The highest BCUT2D eigenvalue weighted by Gasteiger charge is 2.17. The molecule has 2 nitrogen and oxygen atoms in total. The number of rotatable bonds is 0. The van der Waals surface area contributed by atoms with Crippen LogP contribution in [0.15, 0.2) is 18.2 Å². The lowest BCUT2D eigenvalue weighted by molar-refractivity contribution is -0.113. The van der Waals surface area contributed by atoms with Gasteiger partial charge >= 0.3 is 0 Å². The number of nitrogens with zero attached hydrogens (tertiary/aromatic N) is 1. The first-order chi connectivity index (χ1) is 8.74. The predicted molar refractivity (Wildman–Crippen MR) is 73.5 cm³/mol. The van der Waals surface area contributed by atoms with E-state index in [9.17, 15) is 4.79 Å². The second-order valence-corrected chi connectivity index (χ2v) is 5.06. The van der Waals surface area contributed by atoms with Crippen LogP contribution in [0.25, 0.3) is 29.1 Å². The van der Waals surface area contributed by atoms with Crippen molar-refractivity contribution >= 4 is 34.9 Å². The van der Waals surface area contributed by atoms with E-state index >= 15 is 0 Å². The quantitative estimate of drug-likeness (QED) is 0.674. The van der Waals surface area contributed by atoms with Crippen molar-refractivity contribution in [2.45, 2.75) is 12.8 Å². The Hall–Kier alpha value is -2.09. The van der Waals surface area contributed by atoms with Gasteiger partial charge in [-0.1, -0.05) is 18.2 Å². The van der Waals surface area contributed by atoms with Gasteiger partial charge in [-0.15, -0.1) is 0 Å². The van der Waals surface area contributed by atoms with Crippen molar-refractivity contribution in [3.05, 3.63) is 39.9 Å². The van der Waals surface area contributed by atoms with E-state index in [-0.39, 0.29) is 5.78 Å². The van der Waals surface area contributed by atoms with Gasteiger partial charge in [0.15, 0.2) is 5.78 Å². The van der Waals surface area contributed by atoms with Crippen molar-refractivity contribution in [1.82, 2.24) is 4.57 Å². The molecular formula is C16H13NO. The monoisotopic (exact) mass is 235 g/mol. The van der Waals surface area contributed by atoms with Crippen LogP contribution in [0.3, 0.4) is 0 Å². The van der Waals surface area contributed by atoms with Gasteiger partial charge in [-0.25, -0.2) is 0 Å². The van der Waals surface area contributed by atoms with E-state index in [1.54, 1.807) is 6.08 Å². The molecule has 2 aliphatic rings. The van der Waals surface area contributed by atoms with Gasteiger partial charge in [-0.2, -0.15) is 0 Å². The molecular weight excluding hydrogens is 222 g/mol. The third kappa shape index (κ3) is 1.15. The van der Waals surface area contributed by atoms with E-state index in [4.69, 9.17) is 0 Å². The number of carbonyl (C=O) groups excluding carboxylic acids is 1. The maximum absolute atomic E-state index is 11.6. The van der Waals surface area contributed by atoms with E-state index in [1.165, 1.54) is 27.2 Å². The van der Waals surface area contributed by atoms with Crippen molar-refractivity contribution in [1.29, 1.82) is 0 Å². The molecule has 88 valence electrons. The summed E-state index contributed by atoms with van der Waals surface area (Å²) in [5.41, 5.74) is 3.84. The third-order valence-corrected chi connectivity index (χ3v) is 4.03. The molecule has 1 aromatic carbocycles. The Balaban J connectivity index is 2.22. The molecule has 0 radical (unpaired) electrons. The summed E-state index contributed by atoms with van der Waals surface area (Å²) in [4.78, 5) is 11.6. The number of aromatic nitrogens is 1. The minimum atomic E-state index is 0.243. The van der Waals surface area contributed by atoms with Crippen molar-refractivity contribution in [2.75, 3.05) is 0 Å². The smallest absolute Gasteiger partial charge is 0.158 e. The molecule has 0 bridgehead atoms. The van der Waals surface area contributed by atoms with Crippen molar-refractivity contribution < 1.29 is 4.79 Å². The molecule has 4 rings (SSSR count). The van der Waals surface area contributed by atoms with E-state index < -0.39 is 0 Å². The lowest BCUT2D eigenvalue weighted by Crippen LogP contribution is -2.22. The van der Waals surface area contributed by atoms with Crippen molar-refractivity contribution in [3.63, 3.8) is 0 Å². The lowest BCUT2D eigenvalue weighted by Gasteiger charge is -2.04. The number of allylic oxidation sites excluding steroid dienone is 1. The number of hydrogen-bond acceptors (Lipinski definition) is 1. The molecule has 0 saturated heterocycles. The van der Waals surface area contributed by atoms with Gasteiger partial charge in [0.25, 0.3) is 0 Å². The van der Waals surface area contributed by atoms with Crippen LogP contribution in [0.1, 0.15) is 17.5 Å². The second kappa shape index (κ2) is 3.22. The number of hydrogen-bond donors (Lipinski definition) is 0. The predicted octanol–water partition coefficient (Wildman–Crippen LogP) is 1.28. The molecule has 0 amide bonds. The zero-order chi connectivity index (χ0) is 12.3. The number of aryl methyl sites for hydroxylation is 2. The van der Waals surface area contributed by atoms with E-state index in [1.807, 2.05) is 7.05 Å². The second-order valence-electron chi connectivity index (χ2n) is 5.06. The molecule has 0 unspecified atom stereocenters. The summed E-state index contributed by atoms with van der Waals surface area (Å²) < 4.78 is 2.15. The Labute approximate surface area is 105 Å². The molecule has 0 atom stereocenters. The number of ketones is 1. The van der Waals surface area contributed by atoms with Crippen LogP contribution < -0.4 is 10.6 Å².